The molecule has 0 radical (unpaired) electrons. The Morgan fingerprint density at radius 2 is 1.75 bits per heavy atom. The topological polar surface area (TPSA) is 209 Å². The average Bonchev–Trinajstić information content (AvgIpc) is 3.95. The van der Waals surface area contributed by atoms with Gasteiger partial charge in [0, 0.05) is 18.0 Å². The molecule has 3 heterocycles. The van der Waals surface area contributed by atoms with Crippen LogP contribution in [0, 0.1) is 0 Å². The fraction of sp³-hybridized carbons (Fsp3) is 0.500. The number of nitrogens with one attached hydrogen (secondary N) is 3. The largest absolute Gasteiger partial charge is 0.480 e. The molecule has 296 valence electrons. The molecule has 17 heteroatoms. The molecule has 2 aliphatic heterocycles. The van der Waals surface area contributed by atoms with Crippen molar-refractivity contribution < 1.29 is 33.8 Å². The number of aromatic nitrogens is 1. The fourth-order valence-electron chi connectivity index (χ4n) is 6.35. The summed E-state index contributed by atoms with van der Waals surface area (Å²) in [6.45, 7) is 1.68. The van der Waals surface area contributed by atoms with Crippen LogP contribution in [0.2, 0.25) is 0 Å². The number of thioether (sulfide) groups is 1. The Morgan fingerprint density at radius 3 is 2.45 bits per heavy atom. The zero-order valence-electron chi connectivity index (χ0n) is 31.2. The normalized spacial score (nSPS) is 17.8. The van der Waals surface area contributed by atoms with Gasteiger partial charge in [0.2, 0.25) is 17.7 Å². The van der Waals surface area contributed by atoms with Crippen LogP contribution >= 0.6 is 23.1 Å². The number of unbranched alkanes of at least 4 members (excludes halogenated alkanes) is 2. The van der Waals surface area contributed by atoms with Crippen LogP contribution in [-0.2, 0) is 30.5 Å². The van der Waals surface area contributed by atoms with Gasteiger partial charge >= 0.3 is 12.1 Å². The highest BCUT2D eigenvalue weighted by atomic mass is 32.2. The number of likely N-dealkylation sites (tertiary alicyclic amines) is 1. The average molecular weight is 795 g/mol. The van der Waals surface area contributed by atoms with Crippen molar-refractivity contribution in [3.05, 3.63) is 59.1 Å². The van der Waals surface area contributed by atoms with Crippen LogP contribution in [0.3, 0.4) is 0 Å². The van der Waals surface area contributed by atoms with E-state index in [1.54, 1.807) is 18.2 Å². The number of aliphatic imine (C=N–C) groups is 1. The first-order valence-electron chi connectivity index (χ1n) is 18.6. The van der Waals surface area contributed by atoms with Crippen LogP contribution in [0.15, 0.2) is 53.5 Å². The maximum Gasteiger partial charge on any atom is 0.410 e. The van der Waals surface area contributed by atoms with Crippen LogP contribution in [0.5, 0.6) is 0 Å². The van der Waals surface area contributed by atoms with Gasteiger partial charge in [-0.2, -0.15) is 0 Å². The lowest BCUT2D eigenvalue weighted by Crippen LogP contribution is -2.55. The molecule has 1 saturated heterocycles. The molecule has 15 nitrogen and oxygen atoms in total. The molecule has 6 N–H and O–H groups in total. The molecular weight excluding hydrogens is 745 g/mol. The first kappa shape index (κ1) is 41.6. The molecule has 55 heavy (non-hydrogen) atoms. The Morgan fingerprint density at radius 1 is 1.00 bits per heavy atom. The van der Waals surface area contributed by atoms with Crippen molar-refractivity contribution in [1.82, 2.24) is 25.4 Å². The van der Waals surface area contributed by atoms with Gasteiger partial charge in [-0.1, -0.05) is 30.3 Å². The zero-order valence-corrected chi connectivity index (χ0v) is 32.8. The number of thiazole rings is 1. The second-order valence-corrected chi connectivity index (χ2v) is 15.9. The molecule has 2 aromatic carbocycles. The van der Waals surface area contributed by atoms with E-state index in [4.69, 9.17) is 10.5 Å². The minimum absolute atomic E-state index is 0.0814. The van der Waals surface area contributed by atoms with Gasteiger partial charge in [-0.05, 0) is 102 Å². The van der Waals surface area contributed by atoms with E-state index in [0.717, 1.165) is 23.2 Å². The highest BCUT2D eigenvalue weighted by Gasteiger charge is 2.37. The van der Waals surface area contributed by atoms with Crippen molar-refractivity contribution in [3.8, 4) is 0 Å². The molecule has 0 aliphatic carbocycles. The van der Waals surface area contributed by atoms with Gasteiger partial charge in [-0.3, -0.25) is 24.3 Å². The number of carboxylic acid groups (broad SMARTS) is 1. The van der Waals surface area contributed by atoms with Gasteiger partial charge in [-0.25, -0.2) is 14.6 Å². The standard InChI is InChI=1S/C38H50N8O7S2/c1-45(2)19-9-7-14-28(42-34(49)30-15-10-20-46(30)38(52)53-22-24-11-4-3-5-12-24)33(48)41-27(13-6-8-18-39)32(47)40-25-16-17-26-31(21-25)55-36(43-26)35-44-29(23-54-35)37(50)51/h3-5,11-12,16-17,21,27-30H,6-10,13-15,18-20,22-23,39H2,1-2H3,(H,40,47)(H,41,48)(H,42,49)(H,50,51)/t27-,28-,29+,30-/m0/s1. The molecule has 1 aromatic heterocycles. The predicted molar refractivity (Wildman–Crippen MR) is 214 cm³/mol. The first-order valence-corrected chi connectivity index (χ1v) is 20.4. The van der Waals surface area contributed by atoms with E-state index in [1.807, 2.05) is 49.3 Å². The minimum atomic E-state index is -0.975. The number of aliphatic carboxylic acids is 1. The lowest BCUT2D eigenvalue weighted by molar-refractivity contribution is -0.137. The molecule has 0 saturated carbocycles. The van der Waals surface area contributed by atoms with Gasteiger partial charge < -0.3 is 36.4 Å². The van der Waals surface area contributed by atoms with Crippen LogP contribution in [0.4, 0.5) is 10.5 Å². The van der Waals surface area contributed by atoms with Gasteiger partial charge in [0.1, 0.15) is 34.8 Å². The number of rotatable bonds is 19. The van der Waals surface area contributed by atoms with Crippen molar-refractivity contribution in [1.29, 1.82) is 0 Å². The van der Waals surface area contributed by atoms with Crippen LogP contribution in [-0.4, -0.2) is 118 Å². The number of hydrogen-bond acceptors (Lipinski definition) is 12. The molecule has 1 fully saturated rings. The molecule has 0 unspecified atom stereocenters. The highest BCUT2D eigenvalue weighted by Crippen LogP contribution is 2.31. The van der Waals surface area contributed by atoms with Crippen LogP contribution in [0.1, 0.15) is 61.9 Å². The number of benzene rings is 2. The molecule has 3 aromatic rings. The number of carbonyl (C=O) groups excluding carboxylic acids is 4. The lowest BCUT2D eigenvalue weighted by atomic mass is 10.0. The quantitative estimate of drug-likeness (QED) is 0.110. The number of fused-ring (bicyclic) bond motifs is 1. The van der Waals surface area contributed by atoms with E-state index >= 15 is 0 Å². The van der Waals surface area contributed by atoms with E-state index in [0.29, 0.717) is 85.0 Å². The molecule has 2 aliphatic rings. The Bertz CT molecular complexity index is 1840. The van der Waals surface area contributed by atoms with Gasteiger partial charge in [-0.15, -0.1) is 23.1 Å². The van der Waals surface area contributed by atoms with Crippen molar-refractivity contribution in [2.75, 3.05) is 44.8 Å². The van der Waals surface area contributed by atoms with Crippen LogP contribution in [0.25, 0.3) is 10.2 Å². The van der Waals surface area contributed by atoms with E-state index in [-0.39, 0.29) is 6.61 Å². The minimum Gasteiger partial charge on any atom is -0.480 e. The molecule has 4 atom stereocenters. The number of nitrogens with zero attached hydrogens (tertiary/aromatic N) is 4. The summed E-state index contributed by atoms with van der Waals surface area (Å²) in [5.41, 5.74) is 7.77. The zero-order chi connectivity index (χ0) is 39.3. The number of carbonyl (C=O) groups is 5. The molecule has 0 bridgehead atoms. The highest BCUT2D eigenvalue weighted by molar-refractivity contribution is 8.15. The summed E-state index contributed by atoms with van der Waals surface area (Å²) in [4.78, 5) is 78.2. The third kappa shape index (κ3) is 12.0. The number of ether oxygens (including phenoxy) is 1. The number of carboxylic acids is 1. The molecule has 5 rings (SSSR count). The summed E-state index contributed by atoms with van der Waals surface area (Å²) in [6.07, 6.45) is 3.82. The maximum absolute atomic E-state index is 14.0. The van der Waals surface area contributed by atoms with E-state index in [2.05, 4.69) is 25.9 Å². The smallest absolute Gasteiger partial charge is 0.410 e. The molecule has 4 amide bonds. The summed E-state index contributed by atoms with van der Waals surface area (Å²) in [7, 11) is 3.93. The lowest BCUT2D eigenvalue weighted by Gasteiger charge is -2.27. The van der Waals surface area contributed by atoms with Crippen molar-refractivity contribution in [2.24, 2.45) is 10.7 Å². The number of nitrogens with two attached hydrogens (primary N) is 1. The van der Waals surface area contributed by atoms with E-state index < -0.39 is 54.0 Å². The predicted octanol–water partition coefficient (Wildman–Crippen LogP) is 3.81. The van der Waals surface area contributed by atoms with Crippen LogP contribution < -0.4 is 21.7 Å². The van der Waals surface area contributed by atoms with E-state index in [1.165, 1.54) is 28.0 Å². The molecule has 0 spiro atoms. The molecular formula is C38H50N8O7S2. The summed E-state index contributed by atoms with van der Waals surface area (Å²) in [5.74, 6) is -1.97. The van der Waals surface area contributed by atoms with Crippen molar-refractivity contribution >= 4 is 73.8 Å². The Labute approximate surface area is 328 Å². The summed E-state index contributed by atoms with van der Waals surface area (Å²) >= 11 is 2.70. The SMILES string of the molecule is CN(C)CCCC[C@H](NC(=O)[C@@H]1CCCN1C(=O)OCc1ccccc1)C(=O)N[C@@H](CCCCN)C(=O)Nc1ccc2nc(C3=N[C@@H](C(=O)O)CS3)sc2c1. The summed E-state index contributed by atoms with van der Waals surface area (Å²) in [6, 6.07) is 11.1. The Kier molecular flexibility index (Phi) is 15.4. The van der Waals surface area contributed by atoms with Gasteiger partial charge in [0.15, 0.2) is 6.04 Å². The van der Waals surface area contributed by atoms with Crippen molar-refractivity contribution in [2.45, 2.75) is 82.1 Å². The van der Waals surface area contributed by atoms with E-state index in [9.17, 15) is 29.1 Å². The third-order valence-corrected chi connectivity index (χ3v) is 11.5. The monoisotopic (exact) mass is 794 g/mol. The fourth-order valence-corrected chi connectivity index (χ4v) is 8.45. The second kappa shape index (κ2) is 20.4. The Balaban J connectivity index is 1.26. The first-order chi connectivity index (χ1) is 26.5. The number of amides is 4. The van der Waals surface area contributed by atoms with Crippen molar-refractivity contribution in [3.63, 3.8) is 0 Å². The Hall–Kier alpha value is -4.58. The van der Waals surface area contributed by atoms with Gasteiger partial charge in [0.05, 0.1) is 10.2 Å². The maximum atomic E-state index is 14.0. The summed E-state index contributed by atoms with van der Waals surface area (Å²) < 4.78 is 6.30. The number of hydrogen-bond donors (Lipinski definition) is 5. The summed E-state index contributed by atoms with van der Waals surface area (Å²) in [5, 5.41) is 19.2. The second-order valence-electron chi connectivity index (χ2n) is 13.9. The third-order valence-electron chi connectivity index (χ3n) is 9.33. The van der Waals surface area contributed by atoms with Gasteiger partial charge in [0.25, 0.3) is 0 Å². The number of anilines is 1.